The molecule has 0 saturated heterocycles. The Balaban J connectivity index is 1.97. The highest BCUT2D eigenvalue weighted by Gasteiger charge is 2.32. The molecule has 2 aromatic rings. The largest absolute Gasteiger partial charge is 0.416 e. The lowest BCUT2D eigenvalue weighted by atomic mass is 9.98. The van der Waals surface area contributed by atoms with Gasteiger partial charge in [-0.3, -0.25) is 10.1 Å². The number of hydrogen-bond donors (Lipinski definition) is 1. The van der Waals surface area contributed by atoms with Gasteiger partial charge in [0.2, 0.25) is 0 Å². The molecule has 2 aromatic carbocycles. The number of rotatable bonds is 7. The summed E-state index contributed by atoms with van der Waals surface area (Å²) >= 11 is 15.3. The third kappa shape index (κ3) is 6.44. The number of alkyl halides is 4. The number of halogens is 7. The molecule has 1 N–H and O–H groups in total. The van der Waals surface area contributed by atoms with Gasteiger partial charge in [-0.05, 0) is 48.2 Å². The van der Waals surface area contributed by atoms with Crippen LogP contribution in [0.5, 0.6) is 0 Å². The van der Waals surface area contributed by atoms with E-state index in [0.717, 1.165) is 11.6 Å². The van der Waals surface area contributed by atoms with Gasteiger partial charge in [0.1, 0.15) is 5.82 Å². The fourth-order valence-corrected chi connectivity index (χ4v) is 3.60. The fourth-order valence-electron chi connectivity index (χ4n) is 2.57. The monoisotopic (exact) mass is 499 g/mol. The van der Waals surface area contributed by atoms with E-state index in [4.69, 9.17) is 23.2 Å². The topological polar surface area (TPSA) is 29.1 Å². The average Bonchev–Trinajstić information content (AvgIpc) is 2.60. The number of Topliss-reactive ketones (excluding diaryl/α,β-unsaturated/α-hetero) is 1. The van der Waals surface area contributed by atoms with Crippen LogP contribution in [0.3, 0.4) is 0 Å². The first kappa shape index (κ1) is 23.1. The van der Waals surface area contributed by atoms with Gasteiger partial charge in [0, 0.05) is 5.56 Å². The van der Waals surface area contributed by atoms with Crippen molar-refractivity contribution in [2.75, 3.05) is 6.54 Å². The van der Waals surface area contributed by atoms with Crippen molar-refractivity contribution in [1.29, 1.82) is 0 Å². The molecule has 0 spiro atoms. The lowest BCUT2D eigenvalue weighted by Crippen LogP contribution is -2.30. The number of carbonyl (C=O) groups is 1. The van der Waals surface area contributed by atoms with Crippen LogP contribution in [0.15, 0.2) is 36.4 Å². The number of ketones is 1. The lowest BCUT2D eigenvalue weighted by Gasteiger charge is -2.18. The van der Waals surface area contributed by atoms with E-state index in [1.165, 1.54) is 0 Å². The maximum absolute atomic E-state index is 13.4. The molecule has 152 valence electrons. The van der Waals surface area contributed by atoms with Crippen LogP contribution < -0.4 is 5.32 Å². The van der Waals surface area contributed by atoms with Crippen LogP contribution >= 0.6 is 39.1 Å². The van der Waals surface area contributed by atoms with E-state index in [-0.39, 0.29) is 23.0 Å². The summed E-state index contributed by atoms with van der Waals surface area (Å²) in [6, 6.07) is 7.09. The van der Waals surface area contributed by atoms with Gasteiger partial charge in [0.25, 0.3) is 0 Å². The van der Waals surface area contributed by atoms with Crippen LogP contribution in [0.4, 0.5) is 17.6 Å². The zero-order valence-corrected chi connectivity index (χ0v) is 17.7. The summed E-state index contributed by atoms with van der Waals surface area (Å²) in [6.45, 7) is 1.71. The van der Waals surface area contributed by atoms with Crippen LogP contribution in [-0.2, 0) is 6.18 Å². The molecule has 2 atom stereocenters. The molecule has 28 heavy (non-hydrogen) atoms. The molecule has 0 aliphatic heterocycles. The Bertz CT molecular complexity index is 860. The van der Waals surface area contributed by atoms with Crippen molar-refractivity contribution in [2.24, 2.45) is 0 Å². The van der Waals surface area contributed by atoms with Gasteiger partial charge in [-0.15, -0.1) is 0 Å². The Hall–Kier alpha value is -1.15. The maximum Gasteiger partial charge on any atom is 0.416 e. The van der Waals surface area contributed by atoms with Gasteiger partial charge in [-0.25, -0.2) is 4.39 Å². The highest BCUT2D eigenvalue weighted by atomic mass is 79.9. The lowest BCUT2D eigenvalue weighted by molar-refractivity contribution is -0.137. The summed E-state index contributed by atoms with van der Waals surface area (Å²) in [4.78, 5) is 11.9. The summed E-state index contributed by atoms with van der Waals surface area (Å²) < 4.78 is 51.7. The molecular weight excluding hydrogens is 485 g/mol. The number of nitrogens with one attached hydrogen (secondary N) is 1. The van der Waals surface area contributed by atoms with Gasteiger partial charge in [0.05, 0.1) is 27.1 Å². The minimum atomic E-state index is -4.72. The van der Waals surface area contributed by atoms with Gasteiger partial charge >= 0.3 is 6.18 Å². The van der Waals surface area contributed by atoms with E-state index in [1.54, 1.807) is 12.1 Å². The molecule has 0 heterocycles. The second-order valence-electron chi connectivity index (χ2n) is 6.31. The quantitative estimate of drug-likeness (QED) is 0.195. The molecule has 0 radical (unpaired) electrons. The Morgan fingerprint density at radius 3 is 2.43 bits per heavy atom. The molecule has 0 bridgehead atoms. The third-order valence-electron chi connectivity index (χ3n) is 4.10. The predicted molar refractivity (Wildman–Crippen MR) is 106 cm³/mol. The first-order valence-electron chi connectivity index (χ1n) is 8.20. The molecule has 2 nitrogen and oxygen atoms in total. The predicted octanol–water partition coefficient (Wildman–Crippen LogP) is 6.84. The number of carbonyl (C=O) groups excluding carboxylic acids is 1. The van der Waals surface area contributed by atoms with E-state index in [9.17, 15) is 22.4 Å². The second kappa shape index (κ2) is 9.57. The number of hydrogen-bond acceptors (Lipinski definition) is 2. The van der Waals surface area contributed by atoms with Crippen LogP contribution in [0.2, 0.25) is 10.0 Å². The van der Waals surface area contributed by atoms with Gasteiger partial charge in [-0.2, -0.15) is 13.2 Å². The Kier molecular flexibility index (Phi) is 7.90. The molecule has 0 fully saturated rings. The first-order valence-corrected chi connectivity index (χ1v) is 9.88. The average molecular weight is 501 g/mol. The Morgan fingerprint density at radius 2 is 1.82 bits per heavy atom. The molecule has 2 rings (SSSR count). The van der Waals surface area contributed by atoms with E-state index >= 15 is 0 Å². The molecule has 1 unspecified atom stereocenters. The molecule has 0 aliphatic carbocycles. The second-order valence-corrected chi connectivity index (χ2v) is 8.23. The van der Waals surface area contributed by atoms with Gasteiger partial charge < -0.3 is 0 Å². The minimum absolute atomic E-state index is 0.0627. The summed E-state index contributed by atoms with van der Waals surface area (Å²) in [7, 11) is 0. The van der Waals surface area contributed by atoms with Crippen LogP contribution in [0, 0.1) is 5.82 Å². The summed E-state index contributed by atoms with van der Waals surface area (Å²) in [5.41, 5.74) is -0.580. The van der Waals surface area contributed by atoms with Crippen LogP contribution in [0.1, 0.15) is 40.7 Å². The van der Waals surface area contributed by atoms with Crippen molar-refractivity contribution >= 4 is 44.9 Å². The van der Waals surface area contributed by atoms with Crippen molar-refractivity contribution in [1.82, 2.24) is 5.32 Å². The normalized spacial score (nSPS) is 14.0. The van der Waals surface area contributed by atoms with Crippen molar-refractivity contribution in [3.05, 3.63) is 69.0 Å². The van der Waals surface area contributed by atoms with Gasteiger partial charge in [0.15, 0.2) is 5.78 Å². The fraction of sp³-hybridized carbons (Fsp3) is 0.316. The standard InChI is InChI=1S/C19H16BrCl2F4NO/c1-10(11-2-3-15(21)16(22)7-11)4-18(20)27-9-17(28)12-5-13(19(24,25)26)8-14(23)6-12/h2-3,5-8,10,18,27H,4,9H2,1H3/t10?,18-/m1/s1. The van der Waals surface area contributed by atoms with Crippen molar-refractivity contribution in [3.63, 3.8) is 0 Å². The van der Waals surface area contributed by atoms with E-state index in [0.29, 0.717) is 28.6 Å². The molecule has 9 heteroatoms. The summed E-state index contributed by atoms with van der Waals surface area (Å²) in [5.74, 6) is -1.69. The van der Waals surface area contributed by atoms with E-state index in [1.807, 2.05) is 13.0 Å². The SMILES string of the molecule is CC(C[C@H](Br)NCC(=O)c1cc(F)cc(C(F)(F)F)c1)c1ccc(Cl)c(Cl)c1. The third-order valence-corrected chi connectivity index (χ3v) is 5.54. The first-order chi connectivity index (χ1) is 13.0. The van der Waals surface area contributed by atoms with Crippen molar-refractivity contribution < 1.29 is 22.4 Å². The molecular formula is C19H16BrCl2F4NO. The highest BCUT2D eigenvalue weighted by Crippen LogP contribution is 2.31. The molecule has 0 aliphatic rings. The molecule has 0 saturated carbocycles. The molecule has 0 aromatic heterocycles. The minimum Gasteiger partial charge on any atom is -0.298 e. The van der Waals surface area contributed by atoms with Crippen molar-refractivity contribution in [2.45, 2.75) is 30.4 Å². The maximum atomic E-state index is 13.4. The summed E-state index contributed by atoms with van der Waals surface area (Å²) in [6.07, 6.45) is -4.15. The van der Waals surface area contributed by atoms with Crippen LogP contribution in [0.25, 0.3) is 0 Å². The smallest absolute Gasteiger partial charge is 0.298 e. The molecule has 0 amide bonds. The van der Waals surface area contributed by atoms with E-state index < -0.39 is 23.3 Å². The number of benzene rings is 2. The highest BCUT2D eigenvalue weighted by molar-refractivity contribution is 9.09. The zero-order chi connectivity index (χ0) is 21.1. The Morgan fingerprint density at radius 1 is 1.14 bits per heavy atom. The van der Waals surface area contributed by atoms with Gasteiger partial charge in [-0.1, -0.05) is 52.1 Å². The van der Waals surface area contributed by atoms with Crippen molar-refractivity contribution in [3.8, 4) is 0 Å². The summed E-state index contributed by atoms with van der Waals surface area (Å²) in [5, 5.41) is 3.78. The van der Waals surface area contributed by atoms with E-state index in [2.05, 4.69) is 21.2 Å². The van der Waals surface area contributed by atoms with Crippen LogP contribution in [-0.4, -0.2) is 17.3 Å². The zero-order valence-electron chi connectivity index (χ0n) is 14.6. The Labute approximate surface area is 178 Å².